The van der Waals surface area contributed by atoms with Crippen LogP contribution in [0.2, 0.25) is 0 Å². The van der Waals surface area contributed by atoms with Crippen LogP contribution in [0.3, 0.4) is 0 Å². The lowest BCUT2D eigenvalue weighted by Crippen LogP contribution is -2.23. The van der Waals surface area contributed by atoms with E-state index in [0.717, 1.165) is 25.1 Å². The molecule has 8 heteroatoms. The van der Waals surface area contributed by atoms with Crippen LogP contribution in [-0.2, 0) is 4.74 Å². The first-order chi connectivity index (χ1) is 12.6. The molecule has 0 saturated carbocycles. The number of amides is 1. The van der Waals surface area contributed by atoms with Gasteiger partial charge >= 0.3 is 0 Å². The molecule has 1 aliphatic rings. The molecular weight excluding hydrogens is 334 g/mol. The fraction of sp³-hybridized carbons (Fsp3) is 0.444. The lowest BCUT2D eigenvalue weighted by atomic mass is 10.2. The highest BCUT2D eigenvalue weighted by molar-refractivity contribution is 5.94. The maximum Gasteiger partial charge on any atom is 0.251 e. The number of hydrogen-bond donors (Lipinski definition) is 1. The van der Waals surface area contributed by atoms with E-state index < -0.39 is 0 Å². The summed E-state index contributed by atoms with van der Waals surface area (Å²) in [5.41, 5.74) is 2.13. The minimum absolute atomic E-state index is 0.0242. The van der Waals surface area contributed by atoms with E-state index in [-0.39, 0.29) is 23.6 Å². The fourth-order valence-corrected chi connectivity index (χ4v) is 2.84. The summed E-state index contributed by atoms with van der Waals surface area (Å²) in [5, 5.41) is 23.1. The molecule has 2 aromatic rings. The van der Waals surface area contributed by atoms with Gasteiger partial charge in [0.15, 0.2) is 0 Å². The molecule has 0 spiro atoms. The predicted octanol–water partition coefficient (Wildman–Crippen LogP) is 0.611. The standard InChI is InChI=1S/C18H23N5O3/c1-3-19-17(24)13-6-8-14(9-7-13)23-12(2)16(21-22-23)18(25)20-11-15-5-4-10-26-15/h6-9,15H,3-5,10-11H2,1-2H3,(H,19,24)(H,20,25)/p-1. The largest absolute Gasteiger partial charge is 0.857 e. The van der Waals surface area contributed by atoms with Crippen molar-refractivity contribution in [3.8, 4) is 5.69 Å². The van der Waals surface area contributed by atoms with Crippen molar-refractivity contribution in [2.75, 3.05) is 19.7 Å². The molecule has 1 fully saturated rings. The van der Waals surface area contributed by atoms with Crippen LogP contribution in [0.15, 0.2) is 29.3 Å². The van der Waals surface area contributed by atoms with Crippen LogP contribution in [0.25, 0.3) is 5.69 Å². The van der Waals surface area contributed by atoms with Gasteiger partial charge in [0.05, 0.1) is 24.0 Å². The van der Waals surface area contributed by atoms with Gasteiger partial charge in [-0.25, -0.2) is 4.68 Å². The Kier molecular flexibility index (Phi) is 5.62. The number of aromatic nitrogens is 3. The zero-order chi connectivity index (χ0) is 18.5. The first-order valence-electron chi connectivity index (χ1n) is 8.74. The lowest BCUT2D eigenvalue weighted by molar-refractivity contribution is -0.213. The molecule has 8 nitrogen and oxygen atoms in total. The van der Waals surface area contributed by atoms with Gasteiger partial charge in [-0.1, -0.05) is 5.21 Å². The Morgan fingerprint density at radius 2 is 2.19 bits per heavy atom. The van der Waals surface area contributed by atoms with Gasteiger partial charge < -0.3 is 15.2 Å². The number of ether oxygens (including phenoxy) is 1. The molecule has 1 unspecified atom stereocenters. The highest BCUT2D eigenvalue weighted by Crippen LogP contribution is 2.15. The van der Waals surface area contributed by atoms with Crippen LogP contribution in [-0.4, -0.2) is 52.6 Å². The minimum Gasteiger partial charge on any atom is -0.857 e. The van der Waals surface area contributed by atoms with E-state index in [4.69, 9.17) is 4.74 Å². The average molecular weight is 356 g/mol. The van der Waals surface area contributed by atoms with Crippen LogP contribution in [0.5, 0.6) is 0 Å². The highest BCUT2D eigenvalue weighted by Gasteiger charge is 2.15. The van der Waals surface area contributed by atoms with Crippen LogP contribution in [0.4, 0.5) is 0 Å². The first-order valence-corrected chi connectivity index (χ1v) is 8.74. The first kappa shape index (κ1) is 18.1. The number of aliphatic imine (C=N–C) groups is 1. The van der Waals surface area contributed by atoms with E-state index in [1.165, 1.54) is 0 Å². The molecule has 1 saturated heterocycles. The molecule has 0 aliphatic carbocycles. The Hall–Kier alpha value is -2.74. The van der Waals surface area contributed by atoms with Crippen molar-refractivity contribution in [3.63, 3.8) is 0 Å². The second-order valence-corrected chi connectivity index (χ2v) is 6.12. The molecule has 26 heavy (non-hydrogen) atoms. The van der Waals surface area contributed by atoms with E-state index >= 15 is 0 Å². The SMILES string of the molecule is CCNC(=O)c1ccc(-n2nnc(C([O-])=NCC3CCCO3)c2C)cc1. The molecule has 1 aromatic heterocycles. The van der Waals surface area contributed by atoms with Gasteiger partial charge in [-0.05, 0) is 51.0 Å². The highest BCUT2D eigenvalue weighted by atomic mass is 16.5. The van der Waals surface area contributed by atoms with Crippen molar-refractivity contribution in [3.05, 3.63) is 41.2 Å². The maximum atomic E-state index is 12.3. The quantitative estimate of drug-likeness (QED) is 0.603. The number of nitrogens with zero attached hydrogens (tertiary/aromatic N) is 4. The Balaban J connectivity index is 1.75. The third-order valence-electron chi connectivity index (χ3n) is 4.27. The van der Waals surface area contributed by atoms with Crippen molar-refractivity contribution >= 4 is 11.8 Å². The van der Waals surface area contributed by atoms with Gasteiger partial charge in [-0.2, -0.15) is 0 Å². The van der Waals surface area contributed by atoms with Gasteiger partial charge in [0, 0.05) is 24.6 Å². The predicted molar refractivity (Wildman–Crippen MR) is 94.5 cm³/mol. The molecule has 0 bridgehead atoms. The summed E-state index contributed by atoms with van der Waals surface area (Å²) < 4.78 is 7.04. The number of rotatable bonds is 6. The Bertz CT molecular complexity index is 792. The number of carbonyl (C=O) groups excluding carboxylic acids is 1. The summed E-state index contributed by atoms with van der Waals surface area (Å²) in [6.45, 7) is 5.30. The third kappa shape index (κ3) is 3.91. The Labute approximate surface area is 151 Å². The average Bonchev–Trinajstić information content (AvgIpc) is 3.30. The molecule has 0 radical (unpaired) electrons. The third-order valence-corrected chi connectivity index (χ3v) is 4.27. The second kappa shape index (κ2) is 8.09. The fourth-order valence-electron chi connectivity index (χ4n) is 2.84. The van der Waals surface area contributed by atoms with Gasteiger partial charge in [0.1, 0.15) is 5.69 Å². The molecule has 138 valence electrons. The Morgan fingerprint density at radius 3 is 2.85 bits per heavy atom. The monoisotopic (exact) mass is 356 g/mol. The van der Waals surface area contributed by atoms with Gasteiger partial charge in [0.2, 0.25) is 0 Å². The van der Waals surface area contributed by atoms with Crippen LogP contribution < -0.4 is 10.4 Å². The minimum atomic E-state index is -0.386. The molecule has 1 atom stereocenters. The van der Waals surface area contributed by atoms with E-state index in [1.54, 1.807) is 35.9 Å². The van der Waals surface area contributed by atoms with Crippen molar-refractivity contribution in [1.82, 2.24) is 20.3 Å². The van der Waals surface area contributed by atoms with Crippen LogP contribution in [0.1, 0.15) is 41.5 Å². The molecule has 1 aliphatic heterocycles. The molecular formula is C18H22N5O3-. The molecule has 1 N–H and O–H groups in total. The summed E-state index contributed by atoms with van der Waals surface area (Å²) in [7, 11) is 0. The molecule has 3 rings (SSSR count). The lowest BCUT2D eigenvalue weighted by Gasteiger charge is -2.11. The number of nitrogens with one attached hydrogen (secondary N) is 1. The van der Waals surface area contributed by atoms with E-state index in [2.05, 4.69) is 20.6 Å². The van der Waals surface area contributed by atoms with Crippen molar-refractivity contribution in [2.45, 2.75) is 32.8 Å². The van der Waals surface area contributed by atoms with Crippen molar-refractivity contribution < 1.29 is 14.6 Å². The molecule has 2 heterocycles. The summed E-state index contributed by atoms with van der Waals surface area (Å²) in [4.78, 5) is 15.9. The second-order valence-electron chi connectivity index (χ2n) is 6.12. The smallest absolute Gasteiger partial charge is 0.251 e. The van der Waals surface area contributed by atoms with E-state index in [0.29, 0.717) is 24.3 Å². The zero-order valence-corrected chi connectivity index (χ0v) is 14.9. The number of carbonyl (C=O) groups is 1. The summed E-state index contributed by atoms with van der Waals surface area (Å²) in [6.07, 6.45) is 1.96. The van der Waals surface area contributed by atoms with Gasteiger partial charge in [-0.3, -0.25) is 9.79 Å². The van der Waals surface area contributed by atoms with Crippen LogP contribution >= 0.6 is 0 Å². The van der Waals surface area contributed by atoms with Crippen molar-refractivity contribution in [1.29, 1.82) is 0 Å². The van der Waals surface area contributed by atoms with Crippen LogP contribution in [0, 0.1) is 6.92 Å². The normalized spacial score (nSPS) is 17.5. The maximum absolute atomic E-state index is 12.3. The van der Waals surface area contributed by atoms with E-state index in [1.807, 2.05) is 6.92 Å². The number of benzene rings is 1. The number of hydrogen-bond acceptors (Lipinski definition) is 6. The van der Waals surface area contributed by atoms with Gasteiger partial charge in [0.25, 0.3) is 5.91 Å². The molecule has 1 amide bonds. The van der Waals surface area contributed by atoms with Gasteiger partial charge in [-0.15, -0.1) is 5.10 Å². The summed E-state index contributed by atoms with van der Waals surface area (Å²) >= 11 is 0. The molecule has 1 aromatic carbocycles. The summed E-state index contributed by atoms with van der Waals surface area (Å²) in [5.74, 6) is -0.513. The zero-order valence-electron chi connectivity index (χ0n) is 14.9. The Morgan fingerprint density at radius 1 is 1.42 bits per heavy atom. The topological polar surface area (TPSA) is 104 Å². The van der Waals surface area contributed by atoms with Crippen molar-refractivity contribution in [2.24, 2.45) is 4.99 Å². The summed E-state index contributed by atoms with van der Waals surface area (Å²) in [6, 6.07) is 6.96. The van der Waals surface area contributed by atoms with E-state index in [9.17, 15) is 9.90 Å².